The average Bonchev–Trinajstić information content (AvgIpc) is 2.82. The minimum Gasteiger partial charge on any atom is -0.726 e. The second-order valence-corrected chi connectivity index (χ2v) is 8.74. The van der Waals surface area contributed by atoms with E-state index in [4.69, 9.17) is 4.18 Å². The third-order valence-corrected chi connectivity index (χ3v) is 7.25. The summed E-state index contributed by atoms with van der Waals surface area (Å²) in [4.78, 5) is 0. The molecule has 5 atom stereocenters. The van der Waals surface area contributed by atoms with Crippen molar-refractivity contribution in [3.63, 3.8) is 0 Å². The summed E-state index contributed by atoms with van der Waals surface area (Å²) >= 11 is 0. The maximum absolute atomic E-state index is 11.1. The molecule has 24 heavy (non-hydrogen) atoms. The van der Waals surface area contributed by atoms with Gasteiger partial charge in [0.1, 0.15) is 0 Å². The predicted octanol–water partition coefficient (Wildman–Crippen LogP) is 0.392. The van der Waals surface area contributed by atoms with Crippen LogP contribution in [-0.2, 0) is 21.0 Å². The monoisotopic (exact) mass is 374 g/mol. The summed E-state index contributed by atoms with van der Waals surface area (Å²) in [5.41, 5.74) is 2.79. The van der Waals surface area contributed by atoms with Gasteiger partial charge in [0.15, 0.2) is 0 Å². The van der Waals surface area contributed by atoms with Gasteiger partial charge < -0.3 is 4.55 Å². The van der Waals surface area contributed by atoms with E-state index in [1.165, 1.54) is 17.5 Å². The third kappa shape index (κ3) is 3.33. The first kappa shape index (κ1) is 19.5. The molecule has 3 aliphatic carbocycles. The average molecular weight is 375 g/mol. The molecular weight excluding hydrogens is 351 g/mol. The Bertz CT molecular complexity index is 719. The SMILES string of the molecule is CC12CCC3c4ccccc4CCC3C1CCC2OS(=O)(=O)[O-].[K+]. The zero-order valence-corrected chi connectivity index (χ0v) is 18.3. The molecule has 4 nitrogen and oxygen atoms in total. The van der Waals surface area contributed by atoms with E-state index in [2.05, 4.69) is 31.2 Å². The number of hydrogen-bond donors (Lipinski definition) is 0. The summed E-state index contributed by atoms with van der Waals surface area (Å²) in [5.74, 6) is 1.63. The summed E-state index contributed by atoms with van der Waals surface area (Å²) < 4.78 is 38.2. The Balaban J connectivity index is 0.00000169. The Morgan fingerprint density at radius 3 is 2.67 bits per heavy atom. The van der Waals surface area contributed by atoms with Crippen molar-refractivity contribution in [3.05, 3.63) is 35.4 Å². The number of benzene rings is 1. The van der Waals surface area contributed by atoms with Crippen molar-refractivity contribution >= 4 is 10.4 Å². The zero-order chi connectivity index (χ0) is 16.2. The van der Waals surface area contributed by atoms with Crippen molar-refractivity contribution < 1.29 is 68.5 Å². The van der Waals surface area contributed by atoms with Gasteiger partial charge in [0.25, 0.3) is 0 Å². The molecule has 0 bridgehead atoms. The quantitative estimate of drug-likeness (QED) is 0.427. The van der Waals surface area contributed by atoms with E-state index in [1.54, 1.807) is 0 Å². The molecule has 1 aromatic rings. The Morgan fingerprint density at radius 1 is 1.17 bits per heavy atom. The van der Waals surface area contributed by atoms with Crippen LogP contribution in [0.5, 0.6) is 0 Å². The van der Waals surface area contributed by atoms with E-state index in [0.717, 1.165) is 25.7 Å². The normalized spacial score (nSPS) is 37.8. The molecule has 126 valence electrons. The summed E-state index contributed by atoms with van der Waals surface area (Å²) in [6, 6.07) is 8.74. The molecule has 0 N–H and O–H groups in total. The Kier molecular flexibility index (Phi) is 5.71. The fourth-order valence-electron chi connectivity index (χ4n) is 5.77. The number of hydrogen-bond acceptors (Lipinski definition) is 4. The van der Waals surface area contributed by atoms with Gasteiger partial charge in [0, 0.05) is 0 Å². The van der Waals surface area contributed by atoms with Crippen molar-refractivity contribution in [2.24, 2.45) is 17.3 Å². The Labute approximate surface area is 187 Å². The van der Waals surface area contributed by atoms with E-state index in [9.17, 15) is 13.0 Å². The molecule has 0 aromatic heterocycles. The van der Waals surface area contributed by atoms with Crippen LogP contribution in [0.25, 0.3) is 0 Å². The van der Waals surface area contributed by atoms with E-state index in [-0.39, 0.29) is 56.8 Å². The second kappa shape index (κ2) is 7.04. The van der Waals surface area contributed by atoms with E-state index in [1.807, 2.05) is 0 Å². The van der Waals surface area contributed by atoms with Crippen LogP contribution in [0.15, 0.2) is 24.3 Å². The predicted molar refractivity (Wildman–Crippen MR) is 85.6 cm³/mol. The summed E-state index contributed by atoms with van der Waals surface area (Å²) in [6.07, 6.45) is 5.50. The topological polar surface area (TPSA) is 66.4 Å². The fourth-order valence-corrected chi connectivity index (χ4v) is 6.37. The van der Waals surface area contributed by atoms with Crippen molar-refractivity contribution in [1.82, 2.24) is 0 Å². The summed E-state index contributed by atoms with van der Waals surface area (Å²) in [5, 5.41) is 0. The van der Waals surface area contributed by atoms with Crippen LogP contribution >= 0.6 is 0 Å². The molecule has 5 unspecified atom stereocenters. The molecule has 6 heteroatoms. The maximum atomic E-state index is 11.1. The van der Waals surface area contributed by atoms with Crippen LogP contribution in [0.1, 0.15) is 56.1 Å². The van der Waals surface area contributed by atoms with Gasteiger partial charge in [0.05, 0.1) is 6.10 Å². The van der Waals surface area contributed by atoms with Gasteiger partial charge in [-0.2, -0.15) is 0 Å². The van der Waals surface area contributed by atoms with Gasteiger partial charge in [-0.05, 0) is 72.8 Å². The molecule has 0 heterocycles. The van der Waals surface area contributed by atoms with Crippen molar-refractivity contribution in [1.29, 1.82) is 0 Å². The van der Waals surface area contributed by atoms with Gasteiger partial charge in [-0.3, -0.25) is 4.18 Å². The van der Waals surface area contributed by atoms with E-state index < -0.39 is 16.5 Å². The van der Waals surface area contributed by atoms with Gasteiger partial charge >= 0.3 is 51.4 Å². The molecule has 0 amide bonds. The number of fused-ring (bicyclic) bond motifs is 5. The fraction of sp³-hybridized carbons (Fsp3) is 0.667. The van der Waals surface area contributed by atoms with Crippen LogP contribution in [0.3, 0.4) is 0 Å². The maximum Gasteiger partial charge on any atom is 1.00 e. The molecule has 2 fully saturated rings. The van der Waals surface area contributed by atoms with E-state index in [0.29, 0.717) is 24.2 Å². The van der Waals surface area contributed by atoms with Gasteiger partial charge in [-0.15, -0.1) is 0 Å². The first-order valence-corrected chi connectivity index (χ1v) is 9.94. The molecule has 0 saturated heterocycles. The largest absolute Gasteiger partial charge is 1.00 e. The van der Waals surface area contributed by atoms with Gasteiger partial charge in [0.2, 0.25) is 10.4 Å². The second-order valence-electron chi connectivity index (χ2n) is 7.73. The molecule has 0 aliphatic heterocycles. The van der Waals surface area contributed by atoms with E-state index >= 15 is 0 Å². The molecule has 3 aliphatic rings. The molecule has 2 saturated carbocycles. The van der Waals surface area contributed by atoms with Crippen LogP contribution in [-0.4, -0.2) is 19.1 Å². The summed E-state index contributed by atoms with van der Waals surface area (Å²) in [7, 11) is -4.62. The first-order chi connectivity index (χ1) is 10.9. The Hall–Kier alpha value is 0.726. The van der Waals surface area contributed by atoms with Crippen LogP contribution in [0.4, 0.5) is 0 Å². The van der Waals surface area contributed by atoms with Gasteiger partial charge in [-0.25, -0.2) is 8.42 Å². The Morgan fingerprint density at radius 2 is 1.92 bits per heavy atom. The standard InChI is InChI=1S/C18H24O4S.K/c1-18-11-10-14-13-5-3-2-4-12(13)6-7-15(14)16(18)8-9-17(18)22-23(19,20)21;/h2-5,14-17H,6-11H2,1H3,(H,19,20,21);/q;+1/p-1. The molecular formula is C18H23KO4S. The van der Waals surface area contributed by atoms with Crippen molar-refractivity contribution in [2.45, 2.75) is 57.5 Å². The zero-order valence-electron chi connectivity index (χ0n) is 14.4. The number of rotatable bonds is 2. The van der Waals surface area contributed by atoms with Crippen LogP contribution in [0, 0.1) is 17.3 Å². The number of aryl methyl sites for hydroxylation is 1. The van der Waals surface area contributed by atoms with Crippen LogP contribution < -0.4 is 51.4 Å². The first-order valence-electron chi connectivity index (χ1n) is 8.60. The molecule has 0 radical (unpaired) electrons. The minimum absolute atomic E-state index is 0. The smallest absolute Gasteiger partial charge is 0.726 e. The van der Waals surface area contributed by atoms with Crippen molar-refractivity contribution in [3.8, 4) is 0 Å². The molecule has 0 spiro atoms. The van der Waals surface area contributed by atoms with Gasteiger partial charge in [-0.1, -0.05) is 31.2 Å². The third-order valence-electron chi connectivity index (χ3n) is 6.79. The molecule has 4 rings (SSSR count). The van der Waals surface area contributed by atoms with Crippen molar-refractivity contribution in [2.75, 3.05) is 0 Å². The van der Waals surface area contributed by atoms with Crippen LogP contribution in [0.2, 0.25) is 0 Å². The molecule has 1 aromatic carbocycles. The summed E-state index contributed by atoms with van der Waals surface area (Å²) in [6.45, 7) is 2.14. The minimum atomic E-state index is -4.62.